The molecule has 0 aliphatic rings. The monoisotopic (exact) mass is 390 g/mol. The van der Waals surface area contributed by atoms with Gasteiger partial charge in [-0.3, -0.25) is 9.59 Å². The summed E-state index contributed by atoms with van der Waals surface area (Å²) in [4.78, 5) is 32.3. The van der Waals surface area contributed by atoms with E-state index in [0.29, 0.717) is 21.3 Å². The highest BCUT2D eigenvalue weighted by Gasteiger charge is 2.20. The van der Waals surface area contributed by atoms with Gasteiger partial charge in [0.25, 0.3) is 11.5 Å². The Morgan fingerprint density at radius 2 is 2.08 bits per heavy atom. The van der Waals surface area contributed by atoms with Crippen molar-refractivity contribution in [2.24, 2.45) is 0 Å². The van der Waals surface area contributed by atoms with Gasteiger partial charge in [-0.05, 0) is 23.8 Å². The van der Waals surface area contributed by atoms with Gasteiger partial charge in [-0.1, -0.05) is 29.3 Å². The number of carbonyl (C=O) groups is 1. The van der Waals surface area contributed by atoms with Crippen molar-refractivity contribution in [1.82, 2.24) is 25.5 Å². The lowest BCUT2D eigenvalue weighted by molar-refractivity contribution is 0.0950. The lowest BCUT2D eigenvalue weighted by atomic mass is 10.1. The molecule has 1 aromatic carbocycles. The number of rotatable bonds is 4. The molecule has 0 saturated carbocycles. The van der Waals surface area contributed by atoms with Crippen LogP contribution in [0.25, 0.3) is 11.4 Å². The van der Waals surface area contributed by atoms with Gasteiger partial charge in [-0.25, -0.2) is 15.1 Å². The quantitative estimate of drug-likeness (QED) is 0.625. The first kappa shape index (κ1) is 17.8. The largest absolute Gasteiger partial charge is 0.396 e. The number of hydrogen-bond acceptors (Lipinski definition) is 6. The van der Waals surface area contributed by atoms with Gasteiger partial charge in [0.2, 0.25) is 0 Å². The van der Waals surface area contributed by atoms with Crippen molar-refractivity contribution in [3.8, 4) is 11.4 Å². The number of nitrogen functional groups attached to an aromatic ring is 1. The molecule has 3 rings (SSSR count). The summed E-state index contributed by atoms with van der Waals surface area (Å²) in [7, 11) is 0. The maximum absolute atomic E-state index is 12.5. The Hall–Kier alpha value is -2.97. The van der Waals surface area contributed by atoms with Crippen LogP contribution in [-0.2, 0) is 6.54 Å². The number of carbonyl (C=O) groups excluding carboxylic acids is 1. The molecule has 0 aliphatic carbocycles. The molecule has 0 bridgehead atoms. The zero-order chi connectivity index (χ0) is 18.7. The van der Waals surface area contributed by atoms with E-state index in [9.17, 15) is 9.59 Å². The normalized spacial score (nSPS) is 10.5. The molecular weight excluding hydrogens is 379 g/mol. The van der Waals surface area contributed by atoms with Crippen LogP contribution in [0.3, 0.4) is 0 Å². The van der Waals surface area contributed by atoms with Gasteiger partial charge in [0.05, 0.1) is 11.4 Å². The summed E-state index contributed by atoms with van der Waals surface area (Å²) in [5.41, 5.74) is 6.16. The van der Waals surface area contributed by atoms with Crippen molar-refractivity contribution >= 4 is 34.8 Å². The minimum atomic E-state index is -0.708. The van der Waals surface area contributed by atoms with E-state index in [4.69, 9.17) is 28.9 Å². The SMILES string of the molecule is Nc1c(-c2ccncn2)n[nH]c(=O)c1C(=O)NCc1ccc(Cl)cc1Cl. The Kier molecular flexibility index (Phi) is 5.15. The number of aromatic nitrogens is 4. The predicted molar refractivity (Wildman–Crippen MR) is 97.9 cm³/mol. The number of amides is 1. The van der Waals surface area contributed by atoms with Gasteiger partial charge in [0.15, 0.2) is 0 Å². The molecule has 0 spiro atoms. The maximum atomic E-state index is 12.5. The Balaban J connectivity index is 1.88. The fraction of sp³-hybridized carbons (Fsp3) is 0.0625. The molecule has 1 amide bonds. The summed E-state index contributed by atoms with van der Waals surface area (Å²) in [5.74, 6) is -0.660. The summed E-state index contributed by atoms with van der Waals surface area (Å²) >= 11 is 11.9. The van der Waals surface area contributed by atoms with Crippen LogP contribution in [0.4, 0.5) is 5.69 Å². The van der Waals surface area contributed by atoms with Crippen molar-refractivity contribution in [2.45, 2.75) is 6.54 Å². The molecule has 132 valence electrons. The van der Waals surface area contributed by atoms with Crippen LogP contribution < -0.4 is 16.6 Å². The third kappa shape index (κ3) is 3.66. The molecule has 2 aromatic heterocycles. The summed E-state index contributed by atoms with van der Waals surface area (Å²) in [6, 6.07) is 6.45. The number of hydrogen-bond donors (Lipinski definition) is 3. The van der Waals surface area contributed by atoms with Crippen LogP contribution in [0.15, 0.2) is 41.6 Å². The van der Waals surface area contributed by atoms with Gasteiger partial charge in [-0.15, -0.1) is 0 Å². The third-order valence-electron chi connectivity index (χ3n) is 3.53. The van der Waals surface area contributed by atoms with Crippen molar-refractivity contribution in [1.29, 1.82) is 0 Å². The topological polar surface area (TPSA) is 127 Å². The number of anilines is 1. The smallest absolute Gasteiger partial charge is 0.279 e. The Bertz CT molecular complexity index is 1020. The lowest BCUT2D eigenvalue weighted by Crippen LogP contribution is -2.31. The van der Waals surface area contributed by atoms with E-state index in [0.717, 1.165) is 0 Å². The van der Waals surface area contributed by atoms with Crippen LogP contribution >= 0.6 is 23.2 Å². The lowest BCUT2D eigenvalue weighted by Gasteiger charge is -2.10. The van der Waals surface area contributed by atoms with Crippen LogP contribution in [0.1, 0.15) is 15.9 Å². The minimum absolute atomic E-state index is 0.0767. The van der Waals surface area contributed by atoms with Gasteiger partial charge in [-0.2, -0.15) is 5.10 Å². The average Bonchev–Trinajstić information content (AvgIpc) is 2.62. The van der Waals surface area contributed by atoms with Crippen molar-refractivity contribution in [2.75, 3.05) is 5.73 Å². The molecule has 0 fully saturated rings. The highest BCUT2D eigenvalue weighted by molar-refractivity contribution is 6.35. The molecule has 8 nitrogen and oxygen atoms in total. The van der Waals surface area contributed by atoms with E-state index in [2.05, 4.69) is 25.5 Å². The Labute approximate surface area is 157 Å². The highest BCUT2D eigenvalue weighted by Crippen LogP contribution is 2.23. The second kappa shape index (κ2) is 7.51. The number of aromatic amines is 1. The van der Waals surface area contributed by atoms with Crippen LogP contribution in [0, 0.1) is 0 Å². The van der Waals surface area contributed by atoms with E-state index >= 15 is 0 Å². The minimum Gasteiger partial charge on any atom is -0.396 e. The fourth-order valence-corrected chi connectivity index (χ4v) is 2.72. The first-order valence-electron chi connectivity index (χ1n) is 7.34. The maximum Gasteiger partial charge on any atom is 0.279 e. The molecule has 26 heavy (non-hydrogen) atoms. The summed E-state index contributed by atoms with van der Waals surface area (Å²) in [5, 5.41) is 9.61. The molecule has 0 aliphatic heterocycles. The van der Waals surface area contributed by atoms with Gasteiger partial charge in [0.1, 0.15) is 17.6 Å². The van der Waals surface area contributed by atoms with E-state index in [1.54, 1.807) is 24.3 Å². The third-order valence-corrected chi connectivity index (χ3v) is 4.11. The second-order valence-electron chi connectivity index (χ2n) is 5.20. The molecule has 0 atom stereocenters. The van der Waals surface area contributed by atoms with Crippen molar-refractivity contribution in [3.63, 3.8) is 0 Å². The zero-order valence-electron chi connectivity index (χ0n) is 13.2. The number of nitrogens with zero attached hydrogens (tertiary/aromatic N) is 3. The Morgan fingerprint density at radius 1 is 1.27 bits per heavy atom. The molecule has 0 radical (unpaired) electrons. The number of H-pyrrole nitrogens is 1. The van der Waals surface area contributed by atoms with Crippen molar-refractivity contribution < 1.29 is 4.79 Å². The summed E-state index contributed by atoms with van der Waals surface area (Å²) in [6.45, 7) is 0.0961. The Morgan fingerprint density at radius 3 is 2.77 bits per heavy atom. The molecule has 0 saturated heterocycles. The van der Waals surface area contributed by atoms with Gasteiger partial charge >= 0.3 is 0 Å². The number of benzene rings is 1. The average molecular weight is 391 g/mol. The van der Waals surface area contributed by atoms with E-state index < -0.39 is 11.5 Å². The highest BCUT2D eigenvalue weighted by atomic mass is 35.5. The molecule has 4 N–H and O–H groups in total. The molecule has 10 heteroatoms. The van der Waals surface area contributed by atoms with E-state index in [-0.39, 0.29) is 23.5 Å². The first-order valence-corrected chi connectivity index (χ1v) is 8.09. The predicted octanol–water partition coefficient (Wildman–Crippen LogP) is 2.05. The van der Waals surface area contributed by atoms with E-state index in [1.165, 1.54) is 12.5 Å². The van der Waals surface area contributed by atoms with Gasteiger partial charge < -0.3 is 11.1 Å². The summed E-state index contributed by atoms with van der Waals surface area (Å²) in [6.07, 6.45) is 2.81. The summed E-state index contributed by atoms with van der Waals surface area (Å²) < 4.78 is 0. The first-order chi connectivity index (χ1) is 12.5. The van der Waals surface area contributed by atoms with Crippen LogP contribution in [0.2, 0.25) is 10.0 Å². The van der Waals surface area contributed by atoms with Crippen molar-refractivity contribution in [3.05, 3.63) is 68.3 Å². The molecule has 0 unspecified atom stereocenters. The number of nitrogens with two attached hydrogens (primary N) is 1. The fourth-order valence-electron chi connectivity index (χ4n) is 2.24. The van der Waals surface area contributed by atoms with Gasteiger partial charge in [0, 0.05) is 22.8 Å². The number of halogens is 2. The molecular formula is C16H12Cl2N6O2. The van der Waals surface area contributed by atoms with E-state index in [1.807, 2.05) is 0 Å². The van der Waals surface area contributed by atoms with Crippen LogP contribution in [0.5, 0.6) is 0 Å². The second-order valence-corrected chi connectivity index (χ2v) is 6.05. The molecule has 3 aromatic rings. The standard InChI is InChI=1S/C16H12Cl2N6O2/c17-9-2-1-8(10(18)5-9)6-21-15(25)12-13(19)14(23-24-16(12)26)11-3-4-20-7-22-11/h1-5,7H,6H2,(H,21,25)(H3,19,24,26). The van der Waals surface area contributed by atoms with Crippen LogP contribution in [-0.4, -0.2) is 26.1 Å². The molecule has 2 heterocycles. The zero-order valence-corrected chi connectivity index (χ0v) is 14.7. The number of nitrogens with one attached hydrogen (secondary N) is 2.